The van der Waals surface area contributed by atoms with Crippen molar-refractivity contribution in [2.75, 3.05) is 11.2 Å². The van der Waals surface area contributed by atoms with E-state index < -0.39 is 12.0 Å². The van der Waals surface area contributed by atoms with E-state index in [-0.39, 0.29) is 5.91 Å². The first kappa shape index (κ1) is 17.3. The predicted molar refractivity (Wildman–Crippen MR) is 99.5 cm³/mol. The Bertz CT molecular complexity index is 1010. The number of halogens is 1. The third-order valence-corrected chi connectivity index (χ3v) is 5.78. The predicted octanol–water partition coefficient (Wildman–Crippen LogP) is 2.85. The van der Waals surface area contributed by atoms with Crippen molar-refractivity contribution in [2.45, 2.75) is 18.2 Å². The van der Waals surface area contributed by atoms with Gasteiger partial charge in [-0.25, -0.2) is 9.88 Å². The number of fused-ring (bicyclic) bond motifs is 3. The fourth-order valence-electron chi connectivity index (χ4n) is 3.08. The highest BCUT2D eigenvalue weighted by atomic mass is 35.5. The van der Waals surface area contributed by atoms with Crippen LogP contribution in [0.5, 0.6) is 5.88 Å². The normalized spacial score (nSPS) is 15.5. The summed E-state index contributed by atoms with van der Waals surface area (Å²) in [5.74, 6) is -0.542. The molecular weight excluding hydrogens is 392 g/mol. The molecule has 2 aromatic heterocycles. The molecule has 0 fully saturated rings. The standard InChI is InChI=1S/C17H13ClN4O2S2/c1-9(23)21-12-6-5-10(18)8-11(12)14-15(24)19-17(25-2)20-22(14)16(21)13-4-3-7-26-13/h3-8,16H,1-2H3. The van der Waals surface area contributed by atoms with Gasteiger partial charge in [0, 0.05) is 17.0 Å². The number of thiophene rings is 1. The van der Waals surface area contributed by atoms with Gasteiger partial charge in [-0.05, 0) is 35.9 Å². The zero-order valence-electron chi connectivity index (χ0n) is 13.8. The number of carbonyl (C=O) groups excluding carboxylic acids is 1. The first-order valence-corrected chi connectivity index (χ1v) is 10.2. The van der Waals surface area contributed by atoms with Gasteiger partial charge in [0.15, 0.2) is 0 Å². The highest BCUT2D eigenvalue weighted by molar-refractivity contribution is 7.98. The van der Waals surface area contributed by atoms with Gasteiger partial charge in [0.1, 0.15) is 0 Å². The molecule has 3 aromatic rings. The molecule has 1 unspecified atom stereocenters. The molecule has 0 aliphatic carbocycles. The van der Waals surface area contributed by atoms with E-state index in [1.165, 1.54) is 30.0 Å². The Morgan fingerprint density at radius 3 is 2.88 bits per heavy atom. The lowest BCUT2D eigenvalue weighted by molar-refractivity contribution is -0.763. The summed E-state index contributed by atoms with van der Waals surface area (Å²) in [5, 5.41) is 20.1. The van der Waals surface area contributed by atoms with Gasteiger partial charge in [0.25, 0.3) is 10.9 Å². The number of carbonyl (C=O) groups is 1. The second-order valence-electron chi connectivity index (χ2n) is 5.64. The molecule has 0 saturated heterocycles. The molecule has 1 aromatic carbocycles. The number of benzene rings is 1. The van der Waals surface area contributed by atoms with Crippen LogP contribution in [0.2, 0.25) is 5.02 Å². The van der Waals surface area contributed by atoms with Crippen LogP contribution in [0, 0.1) is 0 Å². The fourth-order valence-corrected chi connectivity index (χ4v) is 4.40. The van der Waals surface area contributed by atoms with Crippen LogP contribution in [0.4, 0.5) is 5.69 Å². The van der Waals surface area contributed by atoms with Crippen molar-refractivity contribution in [2.24, 2.45) is 0 Å². The summed E-state index contributed by atoms with van der Waals surface area (Å²) in [6, 6.07) is 8.97. The summed E-state index contributed by atoms with van der Waals surface area (Å²) >= 11 is 8.94. The van der Waals surface area contributed by atoms with Crippen molar-refractivity contribution in [3.8, 4) is 17.1 Å². The lowest BCUT2D eigenvalue weighted by atomic mass is 10.0. The number of thioether (sulfide) groups is 1. The summed E-state index contributed by atoms with van der Waals surface area (Å²) in [7, 11) is 0. The van der Waals surface area contributed by atoms with Crippen molar-refractivity contribution in [1.29, 1.82) is 0 Å². The number of nitrogens with zero attached hydrogens (tertiary/aromatic N) is 4. The van der Waals surface area contributed by atoms with Gasteiger partial charge < -0.3 is 5.11 Å². The minimum Gasteiger partial charge on any atom is -0.854 e. The molecule has 0 saturated carbocycles. The monoisotopic (exact) mass is 404 g/mol. The van der Waals surface area contributed by atoms with Gasteiger partial charge in [0.05, 0.1) is 22.0 Å². The van der Waals surface area contributed by atoms with Crippen molar-refractivity contribution in [3.05, 3.63) is 45.6 Å². The quantitative estimate of drug-likeness (QED) is 0.485. The molecule has 132 valence electrons. The van der Waals surface area contributed by atoms with Crippen LogP contribution in [0.25, 0.3) is 11.3 Å². The van der Waals surface area contributed by atoms with E-state index in [0.29, 0.717) is 27.1 Å². The summed E-state index contributed by atoms with van der Waals surface area (Å²) in [4.78, 5) is 19.2. The summed E-state index contributed by atoms with van der Waals surface area (Å²) in [6.45, 7) is 1.50. The van der Waals surface area contributed by atoms with Gasteiger partial charge >= 0.3 is 6.17 Å². The average Bonchev–Trinajstić information content (AvgIpc) is 3.13. The van der Waals surface area contributed by atoms with E-state index in [9.17, 15) is 9.90 Å². The van der Waals surface area contributed by atoms with Crippen molar-refractivity contribution in [3.63, 3.8) is 0 Å². The average molecular weight is 405 g/mol. The number of aromatic nitrogens is 3. The molecule has 1 atom stereocenters. The number of hydrogen-bond acceptors (Lipinski definition) is 6. The van der Waals surface area contributed by atoms with E-state index in [1.54, 1.807) is 34.0 Å². The maximum atomic E-state index is 12.8. The minimum absolute atomic E-state index is 0.151. The zero-order chi connectivity index (χ0) is 18.4. The maximum Gasteiger partial charge on any atom is 0.302 e. The molecule has 1 aliphatic heterocycles. The Labute approximate surface area is 163 Å². The van der Waals surface area contributed by atoms with Crippen LogP contribution >= 0.6 is 34.7 Å². The highest BCUT2D eigenvalue weighted by Crippen LogP contribution is 2.42. The molecule has 1 aliphatic rings. The van der Waals surface area contributed by atoms with Gasteiger partial charge in [-0.1, -0.05) is 34.1 Å². The van der Waals surface area contributed by atoms with E-state index in [0.717, 1.165) is 4.88 Å². The van der Waals surface area contributed by atoms with Crippen LogP contribution < -0.4 is 14.7 Å². The SMILES string of the molecule is CSc1nc([O-])c2[n+](n1)C(c1cccs1)N(C(C)=O)c1ccc(Cl)cc1-2. The molecule has 1 amide bonds. The third-order valence-electron chi connectivity index (χ3n) is 4.09. The largest absolute Gasteiger partial charge is 0.854 e. The Balaban J connectivity index is 2.10. The zero-order valence-corrected chi connectivity index (χ0v) is 16.2. The molecule has 0 radical (unpaired) electrons. The molecule has 6 nitrogen and oxygen atoms in total. The molecule has 0 bridgehead atoms. The van der Waals surface area contributed by atoms with Crippen LogP contribution in [0.3, 0.4) is 0 Å². The maximum absolute atomic E-state index is 12.8. The van der Waals surface area contributed by atoms with E-state index >= 15 is 0 Å². The van der Waals surface area contributed by atoms with E-state index in [2.05, 4.69) is 10.1 Å². The van der Waals surface area contributed by atoms with E-state index in [4.69, 9.17) is 11.6 Å². The number of amides is 1. The Morgan fingerprint density at radius 2 is 2.23 bits per heavy atom. The van der Waals surface area contributed by atoms with Gasteiger partial charge in [-0.3, -0.25) is 4.79 Å². The first-order valence-electron chi connectivity index (χ1n) is 7.69. The number of anilines is 1. The fraction of sp³-hybridized carbons (Fsp3) is 0.176. The van der Waals surface area contributed by atoms with Crippen molar-refractivity contribution >= 4 is 46.3 Å². The summed E-state index contributed by atoms with van der Waals surface area (Å²) in [5.41, 5.74) is 1.51. The summed E-state index contributed by atoms with van der Waals surface area (Å²) < 4.78 is 1.59. The summed E-state index contributed by atoms with van der Waals surface area (Å²) in [6.07, 6.45) is 1.26. The second-order valence-corrected chi connectivity index (χ2v) is 7.83. The molecule has 4 rings (SSSR count). The molecular formula is C17H13ClN4O2S2. The Morgan fingerprint density at radius 1 is 1.42 bits per heavy atom. The number of rotatable bonds is 2. The molecule has 3 heterocycles. The molecule has 0 spiro atoms. The van der Waals surface area contributed by atoms with Crippen LogP contribution in [0.15, 0.2) is 40.9 Å². The second kappa shape index (κ2) is 6.53. The third kappa shape index (κ3) is 2.65. The topological polar surface area (TPSA) is 73.0 Å². The van der Waals surface area contributed by atoms with Gasteiger partial charge in [-0.15, -0.1) is 11.3 Å². The molecule has 9 heteroatoms. The van der Waals surface area contributed by atoms with Crippen LogP contribution in [0.1, 0.15) is 18.0 Å². The smallest absolute Gasteiger partial charge is 0.302 e. The Hall–Kier alpha value is -2.16. The van der Waals surface area contributed by atoms with E-state index in [1.807, 2.05) is 17.5 Å². The minimum atomic E-state index is -0.544. The first-order chi connectivity index (χ1) is 12.5. The van der Waals surface area contributed by atoms with Gasteiger partial charge in [-0.2, -0.15) is 0 Å². The van der Waals surface area contributed by atoms with Crippen molar-refractivity contribution in [1.82, 2.24) is 10.1 Å². The number of hydrogen-bond donors (Lipinski definition) is 0. The highest BCUT2D eigenvalue weighted by Gasteiger charge is 2.44. The molecule has 26 heavy (non-hydrogen) atoms. The lowest BCUT2D eigenvalue weighted by Crippen LogP contribution is -2.58. The van der Waals surface area contributed by atoms with Gasteiger partial charge in [0.2, 0.25) is 5.91 Å². The van der Waals surface area contributed by atoms with Crippen molar-refractivity contribution < 1.29 is 14.6 Å². The lowest BCUT2D eigenvalue weighted by Gasteiger charge is -2.32. The van der Waals surface area contributed by atoms with Crippen LogP contribution in [-0.2, 0) is 4.79 Å². The Kier molecular flexibility index (Phi) is 4.34. The molecule has 0 N–H and O–H groups in total. The van der Waals surface area contributed by atoms with Crippen LogP contribution in [-0.4, -0.2) is 22.2 Å².